The van der Waals surface area contributed by atoms with Gasteiger partial charge in [-0.05, 0) is 52.5 Å². The Morgan fingerprint density at radius 3 is 2.58 bits per heavy atom. The van der Waals surface area contributed by atoms with Crippen molar-refractivity contribution >= 4 is 11.9 Å². The second kappa shape index (κ2) is 12.2. The lowest BCUT2D eigenvalue weighted by molar-refractivity contribution is -0.120. The molecule has 6 nitrogen and oxygen atoms in total. The van der Waals surface area contributed by atoms with E-state index in [0.717, 1.165) is 44.9 Å². The molecular weight excluding hydrogens is 326 g/mol. The van der Waals surface area contributed by atoms with Gasteiger partial charge in [-0.1, -0.05) is 25.7 Å². The van der Waals surface area contributed by atoms with E-state index < -0.39 is 0 Å². The maximum absolute atomic E-state index is 12.1. The summed E-state index contributed by atoms with van der Waals surface area (Å²) in [7, 11) is 0. The van der Waals surface area contributed by atoms with Crippen LogP contribution in [-0.4, -0.2) is 61.6 Å². The fourth-order valence-corrected chi connectivity index (χ4v) is 3.99. The highest BCUT2D eigenvalue weighted by Gasteiger charge is 2.17. The van der Waals surface area contributed by atoms with Crippen molar-refractivity contribution in [2.75, 3.05) is 32.7 Å². The van der Waals surface area contributed by atoms with E-state index in [-0.39, 0.29) is 12.5 Å². The molecule has 0 aromatic carbocycles. The molecule has 2 rings (SSSR count). The molecule has 0 spiro atoms. The molecule has 1 unspecified atom stereocenters. The number of hydrogen-bond donors (Lipinski definition) is 3. The predicted octanol–water partition coefficient (Wildman–Crippen LogP) is 2.25. The van der Waals surface area contributed by atoms with E-state index in [2.05, 4.69) is 39.7 Å². The monoisotopic (exact) mass is 365 g/mol. The lowest BCUT2D eigenvalue weighted by Gasteiger charge is -2.33. The first kappa shape index (κ1) is 21.0. The minimum atomic E-state index is 0.0382. The summed E-state index contributed by atoms with van der Waals surface area (Å²) in [5.74, 6) is 0.786. The Balaban J connectivity index is 1.65. The Kier molecular flexibility index (Phi) is 9.82. The summed E-state index contributed by atoms with van der Waals surface area (Å²) in [4.78, 5) is 19.1. The number of carbonyl (C=O) groups excluding carboxylic acids is 1. The molecule has 1 aliphatic carbocycles. The third-order valence-corrected chi connectivity index (χ3v) is 5.55. The van der Waals surface area contributed by atoms with Crippen LogP contribution in [-0.2, 0) is 4.79 Å². The molecule has 0 aromatic rings. The molecule has 1 saturated carbocycles. The lowest BCUT2D eigenvalue weighted by Crippen LogP contribution is -2.42. The third kappa shape index (κ3) is 7.94. The lowest BCUT2D eigenvalue weighted by atomic mass is 9.95. The van der Waals surface area contributed by atoms with E-state index in [9.17, 15) is 4.79 Å². The Hall–Kier alpha value is -1.30. The molecule has 2 fully saturated rings. The second-order valence-corrected chi connectivity index (χ2v) is 7.76. The van der Waals surface area contributed by atoms with Crippen molar-refractivity contribution in [1.29, 1.82) is 0 Å². The highest BCUT2D eigenvalue weighted by molar-refractivity contribution is 5.85. The molecule has 0 aromatic heterocycles. The number of aliphatic imine (C=N–C) groups is 1. The van der Waals surface area contributed by atoms with Gasteiger partial charge in [-0.25, -0.2) is 4.99 Å². The van der Waals surface area contributed by atoms with Crippen LogP contribution in [0.1, 0.15) is 71.6 Å². The number of amides is 1. The molecule has 0 bridgehead atoms. The Bertz CT molecular complexity index is 434. The number of carbonyl (C=O) groups is 1. The van der Waals surface area contributed by atoms with Crippen LogP contribution in [0.3, 0.4) is 0 Å². The Morgan fingerprint density at radius 2 is 1.85 bits per heavy atom. The van der Waals surface area contributed by atoms with Crippen LogP contribution in [0.25, 0.3) is 0 Å². The number of hydrogen-bond acceptors (Lipinski definition) is 3. The molecule has 1 aliphatic heterocycles. The van der Waals surface area contributed by atoms with Gasteiger partial charge in [0, 0.05) is 31.7 Å². The summed E-state index contributed by atoms with van der Waals surface area (Å²) in [6, 6.07) is 1.07. The average Bonchev–Trinajstić information content (AvgIpc) is 2.65. The first-order valence-corrected chi connectivity index (χ1v) is 10.7. The molecule has 1 atom stereocenters. The zero-order chi connectivity index (χ0) is 18.6. The summed E-state index contributed by atoms with van der Waals surface area (Å²) >= 11 is 0. The highest BCUT2D eigenvalue weighted by atomic mass is 16.1. The van der Waals surface area contributed by atoms with Gasteiger partial charge in [-0.2, -0.15) is 0 Å². The number of likely N-dealkylation sites (tertiary alicyclic amines) is 1. The van der Waals surface area contributed by atoms with Gasteiger partial charge in [-0.3, -0.25) is 4.79 Å². The van der Waals surface area contributed by atoms with Crippen molar-refractivity contribution in [3.05, 3.63) is 0 Å². The molecule has 1 amide bonds. The zero-order valence-electron chi connectivity index (χ0n) is 16.9. The number of nitrogens with one attached hydrogen (secondary N) is 3. The largest absolute Gasteiger partial charge is 0.357 e. The molecule has 150 valence electrons. The fraction of sp³-hybridized carbons (Fsp3) is 0.900. The fourth-order valence-electron chi connectivity index (χ4n) is 3.99. The minimum absolute atomic E-state index is 0.0382. The van der Waals surface area contributed by atoms with Crippen LogP contribution in [0, 0.1) is 0 Å². The topological polar surface area (TPSA) is 68.8 Å². The molecule has 1 saturated heterocycles. The van der Waals surface area contributed by atoms with E-state index in [1.165, 1.54) is 45.1 Å². The average molecular weight is 366 g/mol. The molecule has 26 heavy (non-hydrogen) atoms. The van der Waals surface area contributed by atoms with Crippen molar-refractivity contribution in [1.82, 2.24) is 20.9 Å². The first-order valence-electron chi connectivity index (χ1n) is 10.7. The van der Waals surface area contributed by atoms with Crippen molar-refractivity contribution in [2.45, 2.75) is 83.7 Å². The molecule has 6 heteroatoms. The molecular formula is C20H39N5O. The van der Waals surface area contributed by atoms with Crippen LogP contribution >= 0.6 is 0 Å². The maximum Gasteiger partial charge on any atom is 0.242 e. The summed E-state index contributed by atoms with van der Waals surface area (Å²) in [6.07, 6.45) is 11.1. The van der Waals surface area contributed by atoms with E-state index in [1.54, 1.807) is 0 Å². The van der Waals surface area contributed by atoms with Gasteiger partial charge in [-0.15, -0.1) is 0 Å². The van der Waals surface area contributed by atoms with Crippen LogP contribution in [0.15, 0.2) is 4.99 Å². The predicted molar refractivity (Wildman–Crippen MR) is 109 cm³/mol. The van der Waals surface area contributed by atoms with Gasteiger partial charge in [0.2, 0.25) is 5.91 Å². The van der Waals surface area contributed by atoms with Crippen LogP contribution in [0.5, 0.6) is 0 Å². The van der Waals surface area contributed by atoms with Crippen molar-refractivity contribution in [3.8, 4) is 0 Å². The Morgan fingerprint density at radius 1 is 1.08 bits per heavy atom. The van der Waals surface area contributed by atoms with Gasteiger partial charge in [0.05, 0.1) is 0 Å². The standard InChI is InChI=1S/C20H39N5O/c1-3-21-20(22-13-9-15-25-14-8-7-10-17(25)2)23-16-19(26)24-18-11-5-4-6-12-18/h17-18H,3-16H2,1-2H3,(H,24,26)(H2,21,22,23). The van der Waals surface area contributed by atoms with E-state index in [0.29, 0.717) is 12.1 Å². The normalized spacial score (nSPS) is 22.8. The van der Waals surface area contributed by atoms with Crippen molar-refractivity contribution in [2.24, 2.45) is 4.99 Å². The van der Waals surface area contributed by atoms with Crippen LogP contribution < -0.4 is 16.0 Å². The van der Waals surface area contributed by atoms with E-state index in [1.807, 2.05) is 0 Å². The van der Waals surface area contributed by atoms with Gasteiger partial charge in [0.15, 0.2) is 5.96 Å². The second-order valence-electron chi connectivity index (χ2n) is 7.76. The summed E-state index contributed by atoms with van der Waals surface area (Å²) in [5, 5.41) is 9.72. The van der Waals surface area contributed by atoms with Gasteiger partial charge >= 0.3 is 0 Å². The molecule has 0 radical (unpaired) electrons. The highest BCUT2D eigenvalue weighted by Crippen LogP contribution is 2.17. The smallest absolute Gasteiger partial charge is 0.242 e. The molecule has 1 heterocycles. The number of nitrogens with zero attached hydrogens (tertiary/aromatic N) is 2. The molecule has 2 aliphatic rings. The van der Waals surface area contributed by atoms with E-state index in [4.69, 9.17) is 0 Å². The zero-order valence-corrected chi connectivity index (χ0v) is 16.9. The summed E-state index contributed by atoms with van der Waals surface area (Å²) < 4.78 is 0. The SMILES string of the molecule is CCNC(=NCC(=O)NC1CCCCC1)NCCCN1CCCCC1C. The van der Waals surface area contributed by atoms with Gasteiger partial charge in [0.1, 0.15) is 6.54 Å². The maximum atomic E-state index is 12.1. The first-order chi connectivity index (χ1) is 12.7. The molecule has 3 N–H and O–H groups in total. The third-order valence-electron chi connectivity index (χ3n) is 5.55. The number of guanidine groups is 1. The summed E-state index contributed by atoms with van der Waals surface area (Å²) in [5.41, 5.74) is 0. The van der Waals surface area contributed by atoms with E-state index >= 15 is 0 Å². The van der Waals surface area contributed by atoms with Crippen LogP contribution in [0.2, 0.25) is 0 Å². The van der Waals surface area contributed by atoms with Gasteiger partial charge in [0.25, 0.3) is 0 Å². The van der Waals surface area contributed by atoms with Gasteiger partial charge < -0.3 is 20.9 Å². The van der Waals surface area contributed by atoms with Crippen molar-refractivity contribution in [3.63, 3.8) is 0 Å². The Labute approximate surface area is 159 Å². The minimum Gasteiger partial charge on any atom is -0.357 e. The number of piperidine rings is 1. The summed E-state index contributed by atoms with van der Waals surface area (Å²) in [6.45, 7) is 8.65. The quantitative estimate of drug-likeness (QED) is 0.351. The van der Waals surface area contributed by atoms with Crippen molar-refractivity contribution < 1.29 is 4.79 Å². The number of rotatable bonds is 8. The van der Waals surface area contributed by atoms with Crippen LogP contribution in [0.4, 0.5) is 0 Å².